The number of halogens is 1. The van der Waals surface area contributed by atoms with Crippen LogP contribution in [-0.2, 0) is 14.8 Å². The smallest absolute Gasteiger partial charge is 0.243 e. The highest BCUT2D eigenvalue weighted by Crippen LogP contribution is 2.25. The standard InChI is InChI=1S/C22H27ClN2O4S2/c1-16-3-4-18(15-21(16)23)29-14-11-24-22(26)17-9-12-25(13-10-17)31(27,28)20-7-5-19(30-2)6-8-20/h3-8,15,17H,9-14H2,1-2H3,(H,24,26). The van der Waals surface area contributed by atoms with E-state index in [1.807, 2.05) is 37.4 Å². The van der Waals surface area contributed by atoms with Gasteiger partial charge in [0.2, 0.25) is 15.9 Å². The number of carbonyl (C=O) groups excluding carboxylic acids is 1. The molecular weight excluding hydrogens is 456 g/mol. The lowest BCUT2D eigenvalue weighted by Gasteiger charge is -2.30. The number of sulfonamides is 1. The highest BCUT2D eigenvalue weighted by molar-refractivity contribution is 7.98. The Kier molecular flexibility index (Phi) is 8.27. The summed E-state index contributed by atoms with van der Waals surface area (Å²) in [6.07, 6.45) is 2.95. The van der Waals surface area contributed by atoms with Crippen molar-refractivity contribution < 1.29 is 17.9 Å². The number of hydrogen-bond acceptors (Lipinski definition) is 5. The lowest BCUT2D eigenvalue weighted by molar-refractivity contribution is -0.126. The summed E-state index contributed by atoms with van der Waals surface area (Å²) in [4.78, 5) is 13.8. The summed E-state index contributed by atoms with van der Waals surface area (Å²) in [5.74, 6) is 0.403. The van der Waals surface area contributed by atoms with Crippen molar-refractivity contribution in [2.45, 2.75) is 29.6 Å². The van der Waals surface area contributed by atoms with Gasteiger partial charge in [-0.25, -0.2) is 8.42 Å². The number of benzene rings is 2. The van der Waals surface area contributed by atoms with Crippen molar-refractivity contribution in [1.82, 2.24) is 9.62 Å². The molecule has 9 heteroatoms. The lowest BCUT2D eigenvalue weighted by Crippen LogP contribution is -2.43. The minimum Gasteiger partial charge on any atom is -0.492 e. The third kappa shape index (κ3) is 6.16. The van der Waals surface area contributed by atoms with Gasteiger partial charge in [-0.3, -0.25) is 4.79 Å². The molecule has 1 amide bonds. The van der Waals surface area contributed by atoms with Crippen LogP contribution in [0, 0.1) is 12.8 Å². The van der Waals surface area contributed by atoms with E-state index in [1.165, 1.54) is 4.31 Å². The zero-order valence-electron chi connectivity index (χ0n) is 17.6. The third-order valence-corrected chi connectivity index (χ3v) is 8.40. The molecular formula is C22H27ClN2O4S2. The Morgan fingerprint density at radius 1 is 1.19 bits per heavy atom. The quantitative estimate of drug-likeness (QED) is 0.455. The van der Waals surface area contributed by atoms with Crippen LogP contribution in [0.5, 0.6) is 5.75 Å². The van der Waals surface area contributed by atoms with Crippen molar-refractivity contribution in [3.05, 3.63) is 53.1 Å². The Labute approximate surface area is 193 Å². The highest BCUT2D eigenvalue weighted by Gasteiger charge is 2.31. The van der Waals surface area contributed by atoms with Crippen LogP contribution < -0.4 is 10.1 Å². The van der Waals surface area contributed by atoms with E-state index in [0.29, 0.717) is 54.8 Å². The second-order valence-electron chi connectivity index (χ2n) is 7.40. The van der Waals surface area contributed by atoms with Crippen molar-refractivity contribution in [1.29, 1.82) is 0 Å². The van der Waals surface area contributed by atoms with E-state index in [2.05, 4.69) is 5.32 Å². The van der Waals surface area contributed by atoms with Gasteiger partial charge in [0.05, 0.1) is 11.4 Å². The molecule has 0 atom stereocenters. The van der Waals surface area contributed by atoms with Crippen LogP contribution in [0.15, 0.2) is 52.3 Å². The van der Waals surface area contributed by atoms with Crippen LogP contribution in [-0.4, -0.2) is 51.1 Å². The zero-order chi connectivity index (χ0) is 22.4. The van der Waals surface area contributed by atoms with Crippen LogP contribution in [0.2, 0.25) is 5.02 Å². The molecule has 0 spiro atoms. The molecule has 0 unspecified atom stereocenters. The van der Waals surface area contributed by atoms with Crippen LogP contribution in [0.4, 0.5) is 0 Å². The number of piperidine rings is 1. The van der Waals surface area contributed by atoms with E-state index < -0.39 is 10.0 Å². The zero-order valence-corrected chi connectivity index (χ0v) is 20.0. The number of thioether (sulfide) groups is 1. The summed E-state index contributed by atoms with van der Waals surface area (Å²) in [7, 11) is -3.53. The summed E-state index contributed by atoms with van der Waals surface area (Å²) in [6.45, 7) is 3.31. The van der Waals surface area contributed by atoms with Gasteiger partial charge in [0.25, 0.3) is 0 Å². The van der Waals surface area contributed by atoms with Gasteiger partial charge in [-0.05, 0) is 68.0 Å². The van der Waals surface area contributed by atoms with E-state index >= 15 is 0 Å². The molecule has 1 saturated heterocycles. The maximum atomic E-state index is 12.8. The molecule has 0 bridgehead atoms. The molecule has 1 aliphatic heterocycles. The van der Waals surface area contributed by atoms with Crippen LogP contribution in [0.25, 0.3) is 0 Å². The van der Waals surface area contributed by atoms with Crippen LogP contribution in [0.1, 0.15) is 18.4 Å². The molecule has 0 radical (unpaired) electrons. The molecule has 1 heterocycles. The van der Waals surface area contributed by atoms with E-state index in [9.17, 15) is 13.2 Å². The molecule has 6 nitrogen and oxygen atoms in total. The summed E-state index contributed by atoms with van der Waals surface area (Å²) in [5, 5.41) is 3.52. The molecule has 1 fully saturated rings. The van der Waals surface area contributed by atoms with Gasteiger partial charge in [-0.2, -0.15) is 4.31 Å². The Hall–Kier alpha value is -1.74. The van der Waals surface area contributed by atoms with E-state index in [4.69, 9.17) is 16.3 Å². The van der Waals surface area contributed by atoms with Crippen molar-refractivity contribution >= 4 is 39.3 Å². The van der Waals surface area contributed by atoms with Crippen molar-refractivity contribution in [3.8, 4) is 5.75 Å². The Morgan fingerprint density at radius 3 is 2.48 bits per heavy atom. The predicted octanol–water partition coefficient (Wildman–Crippen LogP) is 3.97. The molecule has 2 aromatic rings. The summed E-state index contributed by atoms with van der Waals surface area (Å²) in [5.41, 5.74) is 0.979. The minimum absolute atomic E-state index is 0.0630. The van der Waals surface area contributed by atoms with Gasteiger partial charge in [0.1, 0.15) is 12.4 Å². The molecule has 0 aliphatic carbocycles. The average Bonchev–Trinajstić information content (AvgIpc) is 2.79. The highest BCUT2D eigenvalue weighted by atomic mass is 35.5. The fraction of sp³-hybridized carbons (Fsp3) is 0.409. The molecule has 0 saturated carbocycles. The van der Waals surface area contributed by atoms with Crippen molar-refractivity contribution in [2.24, 2.45) is 5.92 Å². The van der Waals surface area contributed by atoms with Crippen molar-refractivity contribution in [2.75, 3.05) is 32.5 Å². The molecule has 168 valence electrons. The van der Waals surface area contributed by atoms with Crippen LogP contribution >= 0.6 is 23.4 Å². The average molecular weight is 483 g/mol. The molecule has 1 N–H and O–H groups in total. The van der Waals surface area contributed by atoms with Gasteiger partial charge in [0.15, 0.2) is 0 Å². The van der Waals surface area contributed by atoms with Gasteiger partial charge in [-0.15, -0.1) is 11.8 Å². The SMILES string of the molecule is CSc1ccc(S(=O)(=O)N2CCC(C(=O)NCCOc3ccc(C)c(Cl)c3)CC2)cc1. The molecule has 1 aliphatic rings. The number of aryl methyl sites for hydroxylation is 1. The van der Waals surface area contributed by atoms with E-state index in [1.54, 1.807) is 30.0 Å². The first-order valence-corrected chi connectivity index (χ1v) is 13.2. The van der Waals surface area contributed by atoms with Crippen LogP contribution in [0.3, 0.4) is 0 Å². The number of amides is 1. The first-order chi connectivity index (χ1) is 14.8. The number of hydrogen-bond donors (Lipinski definition) is 1. The molecule has 0 aromatic heterocycles. The monoisotopic (exact) mass is 482 g/mol. The summed E-state index contributed by atoms with van der Waals surface area (Å²) >= 11 is 7.64. The largest absolute Gasteiger partial charge is 0.492 e. The first kappa shape index (κ1) is 23.9. The van der Waals surface area contributed by atoms with E-state index in [-0.39, 0.29) is 11.8 Å². The summed E-state index contributed by atoms with van der Waals surface area (Å²) in [6, 6.07) is 12.4. The van der Waals surface area contributed by atoms with E-state index in [0.717, 1.165) is 10.5 Å². The van der Waals surface area contributed by atoms with Gasteiger partial charge < -0.3 is 10.1 Å². The second-order valence-corrected chi connectivity index (χ2v) is 10.6. The Bertz CT molecular complexity index is 1000. The van der Waals surface area contributed by atoms with Crippen molar-refractivity contribution in [3.63, 3.8) is 0 Å². The molecule has 3 rings (SSSR count). The van der Waals surface area contributed by atoms with Gasteiger partial charge in [0, 0.05) is 28.9 Å². The number of ether oxygens (including phenoxy) is 1. The second kappa shape index (κ2) is 10.7. The molecule has 2 aromatic carbocycles. The normalized spacial score (nSPS) is 15.6. The topological polar surface area (TPSA) is 75.7 Å². The number of carbonyl (C=O) groups is 1. The maximum absolute atomic E-state index is 12.8. The van der Waals surface area contributed by atoms with Gasteiger partial charge in [-0.1, -0.05) is 17.7 Å². The predicted molar refractivity (Wildman–Crippen MR) is 124 cm³/mol. The Balaban J connectivity index is 1.44. The lowest BCUT2D eigenvalue weighted by atomic mass is 9.97. The Morgan fingerprint density at radius 2 is 1.87 bits per heavy atom. The molecule has 31 heavy (non-hydrogen) atoms. The fourth-order valence-corrected chi connectivity index (χ4v) is 5.45. The van der Waals surface area contributed by atoms with Gasteiger partial charge >= 0.3 is 0 Å². The third-order valence-electron chi connectivity index (χ3n) is 5.34. The minimum atomic E-state index is -3.53. The number of nitrogens with zero attached hydrogens (tertiary/aromatic N) is 1. The maximum Gasteiger partial charge on any atom is 0.243 e. The fourth-order valence-electron chi connectivity index (χ4n) is 3.41. The first-order valence-electron chi connectivity index (χ1n) is 10.1. The number of rotatable bonds is 8. The number of nitrogens with one attached hydrogen (secondary N) is 1. The summed E-state index contributed by atoms with van der Waals surface area (Å²) < 4.78 is 32.8.